The van der Waals surface area contributed by atoms with Gasteiger partial charge in [-0.25, -0.2) is 18.7 Å². The lowest BCUT2D eigenvalue weighted by atomic mass is 10.1. The van der Waals surface area contributed by atoms with Crippen molar-refractivity contribution in [3.05, 3.63) is 94.8 Å². The van der Waals surface area contributed by atoms with Crippen LogP contribution < -0.4 is 9.30 Å². The van der Waals surface area contributed by atoms with E-state index in [1.54, 1.807) is 42.5 Å². The number of carboxylic acid groups (broad SMARTS) is 2. The van der Waals surface area contributed by atoms with E-state index < -0.39 is 18.1 Å². The van der Waals surface area contributed by atoms with E-state index in [1.807, 2.05) is 34.3 Å². The van der Waals surface area contributed by atoms with Crippen LogP contribution in [0, 0.1) is 0 Å². The third-order valence-electron chi connectivity index (χ3n) is 6.76. The van der Waals surface area contributed by atoms with Crippen molar-refractivity contribution in [2.24, 2.45) is 0 Å². The zero-order valence-corrected chi connectivity index (χ0v) is 23.2. The Morgan fingerprint density at radius 3 is 2.11 bits per heavy atom. The van der Waals surface area contributed by atoms with Crippen LogP contribution in [-0.2, 0) is 24.4 Å². The minimum absolute atomic E-state index is 0.0420. The second-order valence-corrected chi connectivity index (χ2v) is 9.52. The lowest BCUT2D eigenvalue weighted by molar-refractivity contribution is -0.671. The number of imidazole rings is 1. The molecule has 0 radical (unpaired) electrons. The standard InChI is InChI=1S/C28H25N3O6.C2HF3O2/c1-2-29-24-15-20(37-13-12-32)10-11-23(24)30(16-18-6-5-7-19(14-18)28(35)36)25(29)17-31-26(33)21-8-3-4-9-22(21)27(31)34;3-2(4,5)1(6)7/h3-11,14-15,32H,2,12-13,16-17H2,1H3;(H,6,7)/p+1. The quantitative estimate of drug-likeness (QED) is 0.192. The molecule has 0 aliphatic carbocycles. The number of fused-ring (bicyclic) bond motifs is 2. The van der Waals surface area contributed by atoms with Crippen molar-refractivity contribution in [2.75, 3.05) is 13.2 Å². The average Bonchev–Trinajstić information content (AvgIpc) is 3.41. The van der Waals surface area contributed by atoms with Gasteiger partial charge in [0.1, 0.15) is 25.4 Å². The number of alkyl halides is 3. The number of carbonyl (C=O) groups is 4. The number of aryl methyl sites for hydroxylation is 1. The molecule has 0 spiro atoms. The Morgan fingerprint density at radius 2 is 1.57 bits per heavy atom. The lowest BCUT2D eigenvalue weighted by Gasteiger charge is -2.13. The number of aromatic carboxylic acids is 1. The molecule has 0 fully saturated rings. The van der Waals surface area contributed by atoms with Crippen LogP contribution in [0.4, 0.5) is 13.2 Å². The number of halogens is 3. The highest BCUT2D eigenvalue weighted by atomic mass is 19.4. The van der Waals surface area contributed by atoms with E-state index in [0.717, 1.165) is 16.6 Å². The van der Waals surface area contributed by atoms with Crippen LogP contribution in [0.15, 0.2) is 66.7 Å². The molecule has 5 rings (SSSR count). The Balaban J connectivity index is 0.000000566. The maximum absolute atomic E-state index is 13.2. The molecule has 4 aromatic rings. The highest BCUT2D eigenvalue weighted by Crippen LogP contribution is 2.27. The topological polar surface area (TPSA) is 150 Å². The van der Waals surface area contributed by atoms with Crippen LogP contribution >= 0.6 is 0 Å². The Hall–Kier alpha value is -5.24. The van der Waals surface area contributed by atoms with Gasteiger partial charge in [-0.3, -0.25) is 14.5 Å². The molecule has 0 saturated heterocycles. The Morgan fingerprint density at radius 1 is 0.932 bits per heavy atom. The largest absolute Gasteiger partial charge is 0.491 e. The number of ether oxygens (including phenoxy) is 1. The number of carbonyl (C=O) groups excluding carboxylic acids is 2. The summed E-state index contributed by atoms with van der Waals surface area (Å²) in [6.07, 6.45) is -5.08. The number of rotatable bonds is 9. The van der Waals surface area contributed by atoms with Crippen molar-refractivity contribution in [1.29, 1.82) is 0 Å². The summed E-state index contributed by atoms with van der Waals surface area (Å²) < 4.78 is 41.4. The highest BCUT2D eigenvalue weighted by molar-refractivity contribution is 6.21. The summed E-state index contributed by atoms with van der Waals surface area (Å²) in [5.41, 5.74) is 3.38. The first kappa shape index (κ1) is 31.7. The summed E-state index contributed by atoms with van der Waals surface area (Å²) in [5.74, 6) is -3.17. The van der Waals surface area contributed by atoms with Crippen molar-refractivity contribution in [1.82, 2.24) is 9.47 Å². The number of aliphatic hydroxyl groups is 1. The monoisotopic (exact) mass is 614 g/mol. The molecule has 0 unspecified atom stereocenters. The summed E-state index contributed by atoms with van der Waals surface area (Å²) in [7, 11) is 0. The predicted octanol–water partition coefficient (Wildman–Crippen LogP) is 3.50. The minimum Gasteiger partial charge on any atom is -0.491 e. The van der Waals surface area contributed by atoms with E-state index in [2.05, 4.69) is 0 Å². The zero-order valence-electron chi connectivity index (χ0n) is 23.2. The summed E-state index contributed by atoms with van der Waals surface area (Å²) >= 11 is 0. The van der Waals surface area contributed by atoms with E-state index in [0.29, 0.717) is 35.8 Å². The van der Waals surface area contributed by atoms with E-state index in [4.69, 9.17) is 19.7 Å². The van der Waals surface area contributed by atoms with Gasteiger partial charge in [-0.2, -0.15) is 13.2 Å². The molecule has 1 aromatic heterocycles. The second kappa shape index (κ2) is 13.0. The van der Waals surface area contributed by atoms with Crippen molar-refractivity contribution in [3.63, 3.8) is 0 Å². The Labute approximate surface area is 247 Å². The molecule has 2 amide bonds. The Kier molecular flexibility index (Phi) is 9.33. The van der Waals surface area contributed by atoms with Gasteiger partial charge in [-0.05, 0) is 48.9 Å². The molecular weight excluding hydrogens is 587 g/mol. The number of aliphatic carboxylic acids is 1. The second-order valence-electron chi connectivity index (χ2n) is 9.52. The van der Waals surface area contributed by atoms with Gasteiger partial charge in [0.05, 0.1) is 29.8 Å². The van der Waals surface area contributed by atoms with Gasteiger partial charge in [0.2, 0.25) is 0 Å². The van der Waals surface area contributed by atoms with E-state index >= 15 is 0 Å². The molecule has 44 heavy (non-hydrogen) atoms. The number of hydrogen-bond acceptors (Lipinski definition) is 6. The van der Waals surface area contributed by atoms with E-state index in [1.165, 1.54) is 11.0 Å². The van der Waals surface area contributed by atoms with Crippen molar-refractivity contribution < 1.29 is 57.0 Å². The molecule has 11 nitrogen and oxygen atoms in total. The zero-order chi connectivity index (χ0) is 32.2. The maximum atomic E-state index is 13.2. The Bertz CT molecular complexity index is 1710. The van der Waals surface area contributed by atoms with Gasteiger partial charge >= 0.3 is 18.1 Å². The molecule has 14 heteroatoms. The number of aliphatic hydroxyl groups excluding tert-OH is 1. The van der Waals surface area contributed by atoms with Gasteiger partial charge in [0, 0.05) is 6.07 Å². The van der Waals surface area contributed by atoms with Crippen LogP contribution in [0.2, 0.25) is 0 Å². The van der Waals surface area contributed by atoms with Crippen LogP contribution in [0.3, 0.4) is 0 Å². The number of amides is 2. The van der Waals surface area contributed by atoms with Crippen molar-refractivity contribution >= 4 is 34.8 Å². The van der Waals surface area contributed by atoms with Gasteiger partial charge in [-0.1, -0.05) is 24.3 Å². The average molecular weight is 615 g/mol. The van der Waals surface area contributed by atoms with Crippen LogP contribution in [0.25, 0.3) is 11.0 Å². The number of nitrogens with zero attached hydrogens (tertiary/aromatic N) is 3. The summed E-state index contributed by atoms with van der Waals surface area (Å²) in [6, 6.07) is 19.0. The van der Waals surface area contributed by atoms with Crippen LogP contribution in [-0.4, -0.2) is 67.9 Å². The fourth-order valence-corrected chi connectivity index (χ4v) is 4.83. The normalized spacial score (nSPS) is 12.6. The minimum atomic E-state index is -5.08. The number of carboxylic acids is 2. The van der Waals surface area contributed by atoms with E-state index in [-0.39, 0.29) is 37.1 Å². The molecule has 1 aliphatic rings. The molecule has 0 bridgehead atoms. The van der Waals surface area contributed by atoms with Crippen molar-refractivity contribution in [2.45, 2.75) is 32.7 Å². The third kappa shape index (κ3) is 6.54. The third-order valence-corrected chi connectivity index (χ3v) is 6.76. The number of benzene rings is 3. The molecule has 3 N–H and O–H groups in total. The van der Waals surface area contributed by atoms with Gasteiger partial charge in [0.25, 0.3) is 17.6 Å². The van der Waals surface area contributed by atoms with Crippen LogP contribution in [0.5, 0.6) is 5.75 Å². The highest BCUT2D eigenvalue weighted by Gasteiger charge is 2.39. The van der Waals surface area contributed by atoms with Crippen LogP contribution in [0.1, 0.15) is 49.4 Å². The maximum Gasteiger partial charge on any atom is 0.490 e. The summed E-state index contributed by atoms with van der Waals surface area (Å²) in [5, 5.41) is 25.7. The molecule has 0 atom stereocenters. The molecule has 2 heterocycles. The molecule has 3 aromatic carbocycles. The summed E-state index contributed by atoms with van der Waals surface area (Å²) in [6.45, 7) is 2.95. The SMILES string of the molecule is CCn1c(CN2C(=O)c3ccccc3C2=O)[n+](Cc2cccc(C(=O)O)c2)c2ccc(OCCO)cc21.O=C(O)C(F)(F)F. The first-order valence-electron chi connectivity index (χ1n) is 13.2. The fraction of sp³-hybridized carbons (Fsp3) is 0.233. The van der Waals surface area contributed by atoms with Gasteiger partial charge in [0.15, 0.2) is 11.0 Å². The first-order valence-corrected chi connectivity index (χ1v) is 13.2. The number of hydrogen-bond donors (Lipinski definition) is 3. The predicted molar refractivity (Wildman–Crippen MR) is 147 cm³/mol. The summed E-state index contributed by atoms with van der Waals surface area (Å²) in [4.78, 5) is 48.0. The molecule has 230 valence electrons. The van der Waals surface area contributed by atoms with Crippen molar-refractivity contribution in [3.8, 4) is 5.75 Å². The first-order chi connectivity index (χ1) is 20.9. The molecular formula is C30H27F3N3O8+. The smallest absolute Gasteiger partial charge is 0.490 e. The number of imide groups is 1. The van der Waals surface area contributed by atoms with Gasteiger partial charge < -0.3 is 20.1 Å². The lowest BCUT2D eigenvalue weighted by Crippen LogP contribution is -2.43. The van der Waals surface area contributed by atoms with Gasteiger partial charge in [-0.15, -0.1) is 0 Å². The van der Waals surface area contributed by atoms with E-state index in [9.17, 15) is 32.7 Å². The number of aromatic nitrogens is 2. The fourth-order valence-electron chi connectivity index (χ4n) is 4.83. The molecule has 1 aliphatic heterocycles. The molecule has 0 saturated carbocycles.